The average molecular weight is 324 g/mol. The molecule has 0 aliphatic heterocycles. The van der Waals surface area contributed by atoms with E-state index in [0.717, 1.165) is 6.42 Å². The van der Waals surface area contributed by atoms with E-state index < -0.39 is 5.92 Å². The summed E-state index contributed by atoms with van der Waals surface area (Å²) in [5.41, 5.74) is 0.639. The van der Waals surface area contributed by atoms with Crippen molar-refractivity contribution in [2.24, 2.45) is 5.92 Å². The molecule has 1 aliphatic rings. The summed E-state index contributed by atoms with van der Waals surface area (Å²) in [7, 11) is 0. The third-order valence-electron chi connectivity index (χ3n) is 4.25. The first kappa shape index (κ1) is 16.3. The van der Waals surface area contributed by atoms with Gasteiger partial charge >= 0.3 is 0 Å². The van der Waals surface area contributed by atoms with Crippen LogP contribution in [0.4, 0.5) is 0 Å². The van der Waals surface area contributed by atoms with E-state index in [1.165, 1.54) is 32.1 Å². The van der Waals surface area contributed by atoms with Gasteiger partial charge in [0.1, 0.15) is 5.92 Å². The Bertz CT molecular complexity index is 544. The van der Waals surface area contributed by atoms with Crippen LogP contribution < -0.4 is 0 Å². The highest BCUT2D eigenvalue weighted by molar-refractivity contribution is 6.42. The molecule has 1 aromatic carbocycles. The molecular weight excluding hydrogens is 305 g/mol. The molecule has 2 nitrogen and oxygen atoms in total. The first-order valence-electron chi connectivity index (χ1n) is 7.49. The minimum Gasteiger partial charge on any atom is -0.298 e. The highest BCUT2D eigenvalue weighted by atomic mass is 35.5. The molecule has 2 rings (SSSR count). The summed E-state index contributed by atoms with van der Waals surface area (Å²) in [4.78, 5) is 12.3. The highest BCUT2D eigenvalue weighted by Gasteiger charge is 2.22. The Morgan fingerprint density at radius 1 is 1.24 bits per heavy atom. The first-order chi connectivity index (χ1) is 10.1. The predicted octanol–water partition coefficient (Wildman–Crippen LogP) is 5.53. The number of ketones is 1. The molecule has 21 heavy (non-hydrogen) atoms. The number of rotatable bonds is 5. The lowest BCUT2D eigenvalue weighted by Crippen LogP contribution is -2.14. The van der Waals surface area contributed by atoms with Crippen molar-refractivity contribution in [2.75, 3.05) is 0 Å². The number of carbonyl (C=O) groups is 1. The maximum atomic E-state index is 12.3. The molecule has 1 aliphatic carbocycles. The Morgan fingerprint density at radius 2 is 1.95 bits per heavy atom. The molecule has 1 aromatic rings. The van der Waals surface area contributed by atoms with Gasteiger partial charge < -0.3 is 0 Å². The molecule has 0 saturated heterocycles. The number of benzene rings is 1. The molecule has 0 aromatic heterocycles. The zero-order valence-corrected chi connectivity index (χ0v) is 13.5. The monoisotopic (exact) mass is 323 g/mol. The summed E-state index contributed by atoms with van der Waals surface area (Å²) in [5.74, 6) is -0.0966. The molecule has 0 bridgehead atoms. The Kier molecular flexibility index (Phi) is 6.08. The van der Waals surface area contributed by atoms with Crippen molar-refractivity contribution in [1.82, 2.24) is 0 Å². The maximum absolute atomic E-state index is 12.3. The fourth-order valence-corrected chi connectivity index (χ4v) is 3.30. The van der Waals surface area contributed by atoms with Crippen LogP contribution in [0.25, 0.3) is 0 Å². The Balaban J connectivity index is 1.97. The van der Waals surface area contributed by atoms with Crippen molar-refractivity contribution >= 4 is 29.0 Å². The lowest BCUT2D eigenvalue weighted by molar-refractivity contribution is -0.119. The third kappa shape index (κ3) is 4.46. The number of hydrogen-bond donors (Lipinski definition) is 0. The van der Waals surface area contributed by atoms with Gasteiger partial charge in [-0.1, -0.05) is 61.4 Å². The number of halogens is 2. The van der Waals surface area contributed by atoms with E-state index in [2.05, 4.69) is 6.07 Å². The molecule has 1 fully saturated rings. The van der Waals surface area contributed by atoms with Crippen LogP contribution in [0, 0.1) is 17.2 Å². The zero-order valence-electron chi connectivity index (χ0n) is 11.9. The summed E-state index contributed by atoms with van der Waals surface area (Å²) in [6.45, 7) is 0. The SMILES string of the molecule is N#CC(C(=O)CCC1CCCCC1)c1ccc(Cl)c(Cl)c1. The highest BCUT2D eigenvalue weighted by Crippen LogP contribution is 2.30. The van der Waals surface area contributed by atoms with Gasteiger partial charge in [0.05, 0.1) is 16.1 Å². The molecule has 1 saturated carbocycles. The van der Waals surface area contributed by atoms with E-state index >= 15 is 0 Å². The Labute approximate surface area is 136 Å². The predicted molar refractivity (Wildman–Crippen MR) is 85.6 cm³/mol. The summed E-state index contributed by atoms with van der Waals surface area (Å²) in [6.07, 6.45) is 7.67. The summed E-state index contributed by atoms with van der Waals surface area (Å²) in [6, 6.07) is 7.07. The molecule has 0 heterocycles. The van der Waals surface area contributed by atoms with Crippen LogP contribution in [0.5, 0.6) is 0 Å². The minimum absolute atomic E-state index is 0.0125. The van der Waals surface area contributed by atoms with E-state index in [9.17, 15) is 10.1 Å². The molecule has 0 N–H and O–H groups in total. The van der Waals surface area contributed by atoms with Gasteiger partial charge in [0.25, 0.3) is 0 Å². The van der Waals surface area contributed by atoms with Crippen LogP contribution in [0.15, 0.2) is 18.2 Å². The number of Topliss-reactive ketones (excluding diaryl/α,β-unsaturated/α-hetero) is 1. The summed E-state index contributed by atoms with van der Waals surface area (Å²) >= 11 is 11.8. The molecule has 0 radical (unpaired) electrons. The molecule has 0 amide bonds. The molecule has 112 valence electrons. The van der Waals surface area contributed by atoms with Crippen molar-refractivity contribution in [3.8, 4) is 6.07 Å². The van der Waals surface area contributed by atoms with E-state index in [-0.39, 0.29) is 5.78 Å². The first-order valence-corrected chi connectivity index (χ1v) is 8.24. The van der Waals surface area contributed by atoms with Crippen LogP contribution in [0.1, 0.15) is 56.4 Å². The standard InChI is InChI=1S/C17H19Cl2NO/c18-15-8-7-13(10-16(15)19)14(11-20)17(21)9-6-12-4-2-1-3-5-12/h7-8,10,12,14H,1-6,9H2. The van der Waals surface area contributed by atoms with Gasteiger partial charge in [-0.3, -0.25) is 4.79 Å². The quantitative estimate of drug-likeness (QED) is 0.714. The van der Waals surface area contributed by atoms with Gasteiger partial charge in [0.2, 0.25) is 0 Å². The lowest BCUT2D eigenvalue weighted by Gasteiger charge is -2.21. The third-order valence-corrected chi connectivity index (χ3v) is 4.99. The zero-order chi connectivity index (χ0) is 15.2. The largest absolute Gasteiger partial charge is 0.298 e. The number of carbonyl (C=O) groups excluding carboxylic acids is 1. The second-order valence-corrected chi connectivity index (χ2v) is 6.56. The van der Waals surface area contributed by atoms with Crippen molar-refractivity contribution in [3.05, 3.63) is 33.8 Å². The van der Waals surface area contributed by atoms with E-state index in [4.69, 9.17) is 23.2 Å². The molecule has 1 unspecified atom stereocenters. The Hall–Kier alpha value is -1.04. The van der Waals surface area contributed by atoms with Gasteiger partial charge in [-0.05, 0) is 30.0 Å². The van der Waals surface area contributed by atoms with E-state index in [1.54, 1.807) is 18.2 Å². The number of nitriles is 1. The lowest BCUT2D eigenvalue weighted by atomic mass is 9.84. The second kappa shape index (κ2) is 7.82. The van der Waals surface area contributed by atoms with Crippen LogP contribution in [0.3, 0.4) is 0 Å². The van der Waals surface area contributed by atoms with Crippen molar-refractivity contribution in [1.29, 1.82) is 5.26 Å². The minimum atomic E-state index is -0.733. The maximum Gasteiger partial charge on any atom is 0.154 e. The molecule has 0 spiro atoms. The van der Waals surface area contributed by atoms with E-state index in [1.807, 2.05) is 0 Å². The van der Waals surface area contributed by atoms with Crippen molar-refractivity contribution in [3.63, 3.8) is 0 Å². The smallest absolute Gasteiger partial charge is 0.154 e. The number of hydrogen-bond acceptors (Lipinski definition) is 2. The van der Waals surface area contributed by atoms with Crippen molar-refractivity contribution in [2.45, 2.75) is 50.9 Å². The fourth-order valence-electron chi connectivity index (χ4n) is 2.99. The Morgan fingerprint density at radius 3 is 2.57 bits per heavy atom. The normalized spacial score (nSPS) is 17.2. The average Bonchev–Trinajstić information content (AvgIpc) is 2.50. The van der Waals surface area contributed by atoms with Crippen molar-refractivity contribution < 1.29 is 4.79 Å². The topological polar surface area (TPSA) is 40.9 Å². The molecule has 4 heteroatoms. The van der Waals surface area contributed by atoms with Gasteiger partial charge in [0.15, 0.2) is 5.78 Å². The van der Waals surface area contributed by atoms with Crippen LogP contribution in [-0.2, 0) is 4.79 Å². The van der Waals surface area contributed by atoms with Crippen LogP contribution in [-0.4, -0.2) is 5.78 Å². The van der Waals surface area contributed by atoms with Gasteiger partial charge in [-0.15, -0.1) is 0 Å². The summed E-state index contributed by atoms with van der Waals surface area (Å²) < 4.78 is 0. The second-order valence-electron chi connectivity index (χ2n) is 5.74. The van der Waals surface area contributed by atoms with Gasteiger partial charge in [-0.2, -0.15) is 5.26 Å². The fraction of sp³-hybridized carbons (Fsp3) is 0.529. The van der Waals surface area contributed by atoms with E-state index in [0.29, 0.717) is 27.9 Å². The molecular formula is C17H19Cl2NO. The van der Waals surface area contributed by atoms with Gasteiger partial charge in [0, 0.05) is 6.42 Å². The van der Waals surface area contributed by atoms with Gasteiger partial charge in [-0.25, -0.2) is 0 Å². The molecule has 1 atom stereocenters. The van der Waals surface area contributed by atoms with Crippen LogP contribution in [0.2, 0.25) is 10.0 Å². The van der Waals surface area contributed by atoms with Crippen LogP contribution >= 0.6 is 23.2 Å². The number of nitrogens with zero attached hydrogens (tertiary/aromatic N) is 1. The summed E-state index contributed by atoms with van der Waals surface area (Å²) in [5, 5.41) is 10.1.